The molecule has 0 aliphatic heterocycles. The highest BCUT2D eigenvalue weighted by molar-refractivity contribution is 5.36. The first-order valence-electron chi connectivity index (χ1n) is 5.81. The van der Waals surface area contributed by atoms with Gasteiger partial charge in [-0.05, 0) is 37.0 Å². The first kappa shape index (κ1) is 11.4. The van der Waals surface area contributed by atoms with Crippen LogP contribution in [0.4, 0.5) is 0 Å². The third-order valence-corrected chi connectivity index (χ3v) is 3.10. The molecule has 2 N–H and O–H groups in total. The fourth-order valence-electron chi connectivity index (χ4n) is 1.83. The summed E-state index contributed by atoms with van der Waals surface area (Å²) < 4.78 is 11.0. The van der Waals surface area contributed by atoms with Crippen molar-refractivity contribution in [2.45, 2.75) is 38.5 Å². The van der Waals surface area contributed by atoms with E-state index in [4.69, 9.17) is 15.2 Å². The van der Waals surface area contributed by atoms with Crippen molar-refractivity contribution in [3.63, 3.8) is 0 Å². The average Bonchev–Trinajstić information content (AvgIpc) is 2.26. The molecule has 0 heterocycles. The second-order valence-electron chi connectivity index (χ2n) is 4.21. The van der Waals surface area contributed by atoms with Crippen LogP contribution in [0, 0.1) is 0 Å². The second-order valence-corrected chi connectivity index (χ2v) is 4.21. The topological polar surface area (TPSA) is 44.5 Å². The Labute approximate surface area is 96.5 Å². The summed E-state index contributed by atoms with van der Waals surface area (Å²) in [6.45, 7) is 1.18. The third kappa shape index (κ3) is 2.54. The van der Waals surface area contributed by atoms with E-state index in [1.807, 2.05) is 12.1 Å². The van der Waals surface area contributed by atoms with Crippen molar-refractivity contribution >= 4 is 0 Å². The van der Waals surface area contributed by atoms with Gasteiger partial charge in [-0.3, -0.25) is 0 Å². The van der Waals surface area contributed by atoms with Crippen LogP contribution >= 0.6 is 0 Å². The van der Waals surface area contributed by atoms with Gasteiger partial charge in [-0.2, -0.15) is 0 Å². The van der Waals surface area contributed by atoms with E-state index in [2.05, 4.69) is 6.07 Å². The number of methoxy groups -OCH3 is 1. The fourth-order valence-corrected chi connectivity index (χ4v) is 1.83. The summed E-state index contributed by atoms with van der Waals surface area (Å²) in [5.41, 5.74) is 7.88. The quantitative estimate of drug-likeness (QED) is 0.829. The van der Waals surface area contributed by atoms with Gasteiger partial charge in [0.25, 0.3) is 0 Å². The molecule has 0 amide bonds. The molecule has 0 unspecified atom stereocenters. The molecule has 0 saturated heterocycles. The second kappa shape index (κ2) is 5.32. The van der Waals surface area contributed by atoms with E-state index >= 15 is 0 Å². The van der Waals surface area contributed by atoms with Crippen LogP contribution in [0.1, 0.15) is 30.4 Å². The average molecular weight is 221 g/mol. The Morgan fingerprint density at radius 3 is 2.75 bits per heavy atom. The molecule has 1 saturated carbocycles. The van der Waals surface area contributed by atoms with E-state index in [9.17, 15) is 0 Å². The maximum atomic E-state index is 5.76. The number of hydrogen-bond acceptors (Lipinski definition) is 3. The van der Waals surface area contributed by atoms with Gasteiger partial charge < -0.3 is 15.2 Å². The molecular weight excluding hydrogens is 202 g/mol. The normalized spacial score (nSPS) is 15.9. The summed E-state index contributed by atoms with van der Waals surface area (Å²) in [5, 5.41) is 0. The molecule has 0 atom stereocenters. The van der Waals surface area contributed by atoms with Gasteiger partial charge in [-0.1, -0.05) is 6.07 Å². The zero-order valence-electron chi connectivity index (χ0n) is 9.74. The first-order chi connectivity index (χ1) is 7.83. The molecule has 16 heavy (non-hydrogen) atoms. The van der Waals surface area contributed by atoms with Crippen LogP contribution in [0.25, 0.3) is 0 Å². The molecule has 0 spiro atoms. The van der Waals surface area contributed by atoms with Crippen molar-refractivity contribution in [1.82, 2.24) is 0 Å². The van der Waals surface area contributed by atoms with Gasteiger partial charge in [0.15, 0.2) is 0 Å². The van der Waals surface area contributed by atoms with Crippen molar-refractivity contribution in [2.75, 3.05) is 7.11 Å². The van der Waals surface area contributed by atoms with Gasteiger partial charge in [0, 0.05) is 12.1 Å². The van der Waals surface area contributed by atoms with Crippen LogP contribution in [-0.2, 0) is 17.9 Å². The van der Waals surface area contributed by atoms with E-state index in [-0.39, 0.29) is 0 Å². The predicted octanol–water partition coefficient (Wildman–Crippen LogP) is 2.22. The molecular formula is C13H19NO2. The summed E-state index contributed by atoms with van der Waals surface area (Å²) in [7, 11) is 1.67. The molecule has 1 aliphatic rings. The fraction of sp³-hybridized carbons (Fsp3) is 0.538. The standard InChI is InChI=1S/C13H19NO2/c1-15-13-6-5-10(7-11(13)8-14)9-16-12-3-2-4-12/h5-7,12H,2-4,8-9,14H2,1H3. The molecule has 1 aromatic carbocycles. The number of hydrogen-bond donors (Lipinski definition) is 1. The summed E-state index contributed by atoms with van der Waals surface area (Å²) in [4.78, 5) is 0. The lowest BCUT2D eigenvalue weighted by atomic mass is 9.96. The van der Waals surface area contributed by atoms with Crippen molar-refractivity contribution in [3.05, 3.63) is 29.3 Å². The highest BCUT2D eigenvalue weighted by Gasteiger charge is 2.17. The minimum Gasteiger partial charge on any atom is -0.496 e. The lowest BCUT2D eigenvalue weighted by Gasteiger charge is -2.25. The molecule has 1 aliphatic carbocycles. The zero-order valence-corrected chi connectivity index (χ0v) is 9.74. The highest BCUT2D eigenvalue weighted by atomic mass is 16.5. The molecule has 1 aromatic rings. The lowest BCUT2D eigenvalue weighted by molar-refractivity contribution is -0.00869. The van der Waals surface area contributed by atoms with E-state index in [0.717, 1.165) is 11.3 Å². The van der Waals surface area contributed by atoms with E-state index < -0.39 is 0 Å². The van der Waals surface area contributed by atoms with Crippen LogP contribution in [0.5, 0.6) is 5.75 Å². The third-order valence-electron chi connectivity index (χ3n) is 3.10. The van der Waals surface area contributed by atoms with Crippen molar-refractivity contribution in [2.24, 2.45) is 5.73 Å². The minimum absolute atomic E-state index is 0.475. The van der Waals surface area contributed by atoms with Gasteiger partial charge >= 0.3 is 0 Å². The predicted molar refractivity (Wildman–Crippen MR) is 63.3 cm³/mol. The molecule has 0 aromatic heterocycles. The molecule has 2 rings (SSSR count). The summed E-state index contributed by atoms with van der Waals surface area (Å²) in [6, 6.07) is 6.07. The highest BCUT2D eigenvalue weighted by Crippen LogP contribution is 2.24. The van der Waals surface area contributed by atoms with E-state index in [0.29, 0.717) is 19.3 Å². The Hall–Kier alpha value is -1.06. The Kier molecular flexibility index (Phi) is 3.80. The zero-order chi connectivity index (χ0) is 11.4. The van der Waals surface area contributed by atoms with Crippen molar-refractivity contribution in [1.29, 1.82) is 0 Å². The van der Waals surface area contributed by atoms with Crippen molar-refractivity contribution < 1.29 is 9.47 Å². The number of rotatable bonds is 5. The van der Waals surface area contributed by atoms with Crippen LogP contribution in [0.2, 0.25) is 0 Å². The molecule has 0 radical (unpaired) electrons. The van der Waals surface area contributed by atoms with Gasteiger partial charge in [-0.15, -0.1) is 0 Å². The number of nitrogens with two attached hydrogens (primary N) is 1. The summed E-state index contributed by atoms with van der Waals surface area (Å²) in [6.07, 6.45) is 4.20. The van der Waals surface area contributed by atoms with Crippen LogP contribution in [-0.4, -0.2) is 13.2 Å². The lowest BCUT2D eigenvalue weighted by Crippen LogP contribution is -2.21. The largest absolute Gasteiger partial charge is 0.496 e. The van der Waals surface area contributed by atoms with Gasteiger partial charge in [0.1, 0.15) is 5.75 Å². The summed E-state index contributed by atoms with van der Waals surface area (Å²) >= 11 is 0. The van der Waals surface area contributed by atoms with Crippen LogP contribution in [0.15, 0.2) is 18.2 Å². The Morgan fingerprint density at radius 1 is 1.38 bits per heavy atom. The molecule has 3 heteroatoms. The maximum absolute atomic E-state index is 5.76. The molecule has 0 bridgehead atoms. The number of benzene rings is 1. The Bertz CT molecular complexity index is 348. The minimum atomic E-state index is 0.475. The first-order valence-corrected chi connectivity index (χ1v) is 5.81. The number of ether oxygens (including phenoxy) is 2. The van der Waals surface area contributed by atoms with Gasteiger partial charge in [-0.25, -0.2) is 0 Å². The Morgan fingerprint density at radius 2 is 2.19 bits per heavy atom. The molecule has 88 valence electrons. The maximum Gasteiger partial charge on any atom is 0.123 e. The van der Waals surface area contributed by atoms with E-state index in [1.165, 1.54) is 24.8 Å². The van der Waals surface area contributed by atoms with Gasteiger partial charge in [0.2, 0.25) is 0 Å². The van der Waals surface area contributed by atoms with E-state index in [1.54, 1.807) is 7.11 Å². The molecule has 1 fully saturated rings. The SMILES string of the molecule is COc1ccc(COC2CCC2)cc1CN. The van der Waals surface area contributed by atoms with Gasteiger partial charge in [0.05, 0.1) is 19.8 Å². The molecule has 3 nitrogen and oxygen atoms in total. The summed E-state index contributed by atoms with van der Waals surface area (Å²) in [5.74, 6) is 0.856. The Balaban J connectivity index is 1.97. The van der Waals surface area contributed by atoms with Crippen LogP contribution in [0.3, 0.4) is 0 Å². The van der Waals surface area contributed by atoms with Crippen molar-refractivity contribution in [3.8, 4) is 5.75 Å². The van der Waals surface area contributed by atoms with Crippen LogP contribution < -0.4 is 10.5 Å². The smallest absolute Gasteiger partial charge is 0.123 e. The monoisotopic (exact) mass is 221 g/mol.